The number of aromatic amines is 1. The van der Waals surface area contributed by atoms with Crippen LogP contribution in [0.25, 0.3) is 28.4 Å². The first kappa shape index (κ1) is 19.8. The quantitative estimate of drug-likeness (QED) is 0.414. The normalized spacial score (nSPS) is 11.7. The number of allylic oxidation sites excluding steroid dienone is 1. The summed E-state index contributed by atoms with van der Waals surface area (Å²) in [6.45, 7) is 6.05. The van der Waals surface area contributed by atoms with Crippen LogP contribution in [0.15, 0.2) is 42.5 Å². The number of fused-ring (bicyclic) bond motifs is 1. The van der Waals surface area contributed by atoms with Gasteiger partial charge in [0.25, 0.3) is 0 Å². The lowest BCUT2D eigenvalue weighted by Crippen LogP contribution is -2.02. The van der Waals surface area contributed by atoms with E-state index in [-0.39, 0.29) is 0 Å². The molecule has 0 bridgehead atoms. The molecule has 0 saturated carbocycles. The van der Waals surface area contributed by atoms with Crippen molar-refractivity contribution >= 4 is 34.3 Å². The number of nitrogens with zero attached hydrogens (tertiary/aromatic N) is 3. The molecule has 0 spiro atoms. The van der Waals surface area contributed by atoms with E-state index >= 15 is 0 Å². The van der Waals surface area contributed by atoms with E-state index in [0.717, 1.165) is 45.0 Å². The lowest BCUT2D eigenvalue weighted by atomic mass is 10.1. The molecule has 1 N–H and O–H groups in total. The predicted molar refractivity (Wildman–Crippen MR) is 121 cm³/mol. The molecule has 0 amide bonds. The zero-order chi connectivity index (χ0) is 21.4. The van der Waals surface area contributed by atoms with Gasteiger partial charge in [0.15, 0.2) is 0 Å². The van der Waals surface area contributed by atoms with E-state index in [1.165, 1.54) is 0 Å². The van der Waals surface area contributed by atoms with Gasteiger partial charge < -0.3 is 14.3 Å². The minimum Gasteiger partial charge on any atom is -0.495 e. The van der Waals surface area contributed by atoms with Crippen molar-refractivity contribution in [3.8, 4) is 17.5 Å². The number of benzene rings is 2. The second kappa shape index (κ2) is 7.74. The minimum absolute atomic E-state index is 0.474. The standard InChI is InChI=1S/C24H21ClN4O/c1-14-5-7-20-21(9-14)28-24(27-20)18(13-26)11-17-10-15(2)29(16(17)3)22-12-19(25)6-8-23(22)30-4/h5-12H,1-4H3,(H,27,28)/b18-11-. The molecule has 0 fully saturated rings. The second-order valence-corrected chi connectivity index (χ2v) is 7.69. The maximum absolute atomic E-state index is 9.80. The average molecular weight is 417 g/mol. The van der Waals surface area contributed by atoms with Gasteiger partial charge in [0, 0.05) is 16.4 Å². The van der Waals surface area contributed by atoms with Gasteiger partial charge in [-0.25, -0.2) is 4.98 Å². The van der Waals surface area contributed by atoms with Crippen LogP contribution in [0.3, 0.4) is 0 Å². The van der Waals surface area contributed by atoms with Gasteiger partial charge in [0.05, 0.1) is 29.4 Å². The summed E-state index contributed by atoms with van der Waals surface area (Å²) in [5.41, 5.74) is 7.15. The fourth-order valence-electron chi connectivity index (χ4n) is 3.70. The largest absolute Gasteiger partial charge is 0.495 e. The monoisotopic (exact) mass is 416 g/mol. The number of ether oxygens (including phenoxy) is 1. The van der Waals surface area contributed by atoms with Crippen LogP contribution in [0.5, 0.6) is 5.75 Å². The Morgan fingerprint density at radius 1 is 1.17 bits per heavy atom. The first-order chi connectivity index (χ1) is 14.4. The number of nitrogens with one attached hydrogen (secondary N) is 1. The molecule has 6 heteroatoms. The number of halogens is 1. The van der Waals surface area contributed by atoms with Crippen molar-refractivity contribution in [2.24, 2.45) is 0 Å². The molecule has 0 atom stereocenters. The number of H-pyrrole nitrogens is 1. The van der Waals surface area contributed by atoms with Gasteiger partial charge in [-0.3, -0.25) is 0 Å². The summed E-state index contributed by atoms with van der Waals surface area (Å²) >= 11 is 6.24. The molecular weight excluding hydrogens is 396 g/mol. The van der Waals surface area contributed by atoms with E-state index in [1.54, 1.807) is 13.2 Å². The lowest BCUT2D eigenvalue weighted by molar-refractivity contribution is 0.412. The van der Waals surface area contributed by atoms with Gasteiger partial charge in [-0.05, 0) is 74.4 Å². The molecule has 30 heavy (non-hydrogen) atoms. The predicted octanol–water partition coefficient (Wildman–Crippen LogP) is 6.01. The fraction of sp³-hybridized carbons (Fsp3) is 0.167. The number of aryl methyl sites for hydroxylation is 2. The molecule has 0 aliphatic carbocycles. The minimum atomic E-state index is 0.474. The van der Waals surface area contributed by atoms with Crippen molar-refractivity contribution in [2.45, 2.75) is 20.8 Å². The number of rotatable bonds is 4. The molecule has 2 aromatic carbocycles. The number of imidazole rings is 1. The Kier molecular flexibility index (Phi) is 5.11. The van der Waals surface area contributed by atoms with Crippen LogP contribution < -0.4 is 4.74 Å². The smallest absolute Gasteiger partial charge is 0.149 e. The zero-order valence-corrected chi connectivity index (χ0v) is 18.0. The summed E-state index contributed by atoms with van der Waals surface area (Å²) in [7, 11) is 1.64. The molecule has 5 nitrogen and oxygen atoms in total. The molecule has 4 rings (SSSR count). The Labute approximate surface area is 180 Å². The lowest BCUT2D eigenvalue weighted by Gasteiger charge is -2.14. The topological polar surface area (TPSA) is 66.6 Å². The van der Waals surface area contributed by atoms with E-state index in [4.69, 9.17) is 16.3 Å². The van der Waals surface area contributed by atoms with E-state index in [2.05, 4.69) is 20.6 Å². The van der Waals surface area contributed by atoms with E-state index in [0.29, 0.717) is 16.4 Å². The van der Waals surface area contributed by atoms with Crippen molar-refractivity contribution < 1.29 is 4.74 Å². The third-order valence-corrected chi connectivity index (χ3v) is 5.40. The van der Waals surface area contributed by atoms with Crippen LogP contribution in [-0.4, -0.2) is 21.6 Å². The number of hydrogen-bond donors (Lipinski definition) is 1. The molecule has 2 aromatic heterocycles. The van der Waals surface area contributed by atoms with Crippen LogP contribution in [0.4, 0.5) is 0 Å². The molecule has 0 radical (unpaired) electrons. The molecule has 0 saturated heterocycles. The van der Waals surface area contributed by atoms with Crippen molar-refractivity contribution in [2.75, 3.05) is 7.11 Å². The molecule has 0 unspecified atom stereocenters. The molecule has 2 heterocycles. The maximum atomic E-state index is 9.80. The van der Waals surface area contributed by atoms with Crippen LogP contribution in [0.2, 0.25) is 5.02 Å². The first-order valence-electron chi connectivity index (χ1n) is 9.52. The number of hydrogen-bond acceptors (Lipinski definition) is 3. The van der Waals surface area contributed by atoms with Gasteiger partial charge in [0.1, 0.15) is 17.6 Å². The fourth-order valence-corrected chi connectivity index (χ4v) is 3.87. The Balaban J connectivity index is 1.83. The molecular formula is C24H21ClN4O. The summed E-state index contributed by atoms with van der Waals surface area (Å²) in [5.74, 6) is 1.29. The molecule has 0 aliphatic rings. The van der Waals surface area contributed by atoms with Crippen molar-refractivity contribution in [3.63, 3.8) is 0 Å². The van der Waals surface area contributed by atoms with Gasteiger partial charge in [-0.15, -0.1) is 0 Å². The highest BCUT2D eigenvalue weighted by molar-refractivity contribution is 6.30. The Bertz CT molecular complexity index is 1340. The van der Waals surface area contributed by atoms with Crippen molar-refractivity contribution in [3.05, 3.63) is 75.8 Å². The van der Waals surface area contributed by atoms with Gasteiger partial charge >= 0.3 is 0 Å². The summed E-state index contributed by atoms with van der Waals surface area (Å²) < 4.78 is 7.60. The van der Waals surface area contributed by atoms with Crippen LogP contribution in [0.1, 0.15) is 28.3 Å². The molecule has 4 aromatic rings. The van der Waals surface area contributed by atoms with E-state index in [1.807, 2.05) is 63.2 Å². The van der Waals surface area contributed by atoms with Crippen molar-refractivity contribution in [1.82, 2.24) is 14.5 Å². The average Bonchev–Trinajstić information content (AvgIpc) is 3.25. The van der Waals surface area contributed by atoms with Crippen molar-refractivity contribution in [1.29, 1.82) is 5.26 Å². The summed E-state index contributed by atoms with van der Waals surface area (Å²) in [5, 5.41) is 10.4. The van der Waals surface area contributed by atoms with Crippen LogP contribution in [0, 0.1) is 32.1 Å². The maximum Gasteiger partial charge on any atom is 0.149 e. The van der Waals surface area contributed by atoms with Crippen LogP contribution in [-0.2, 0) is 0 Å². The third kappa shape index (κ3) is 3.47. The number of methoxy groups -OCH3 is 1. The third-order valence-electron chi connectivity index (χ3n) is 5.16. The van der Waals surface area contributed by atoms with Gasteiger partial charge in [-0.1, -0.05) is 17.7 Å². The summed E-state index contributed by atoms with van der Waals surface area (Å²) in [6.07, 6.45) is 1.86. The Hall–Kier alpha value is -3.49. The first-order valence-corrected chi connectivity index (χ1v) is 9.90. The van der Waals surface area contributed by atoms with E-state index in [9.17, 15) is 5.26 Å². The molecule has 150 valence electrons. The molecule has 0 aliphatic heterocycles. The number of aromatic nitrogens is 3. The SMILES string of the molecule is COc1ccc(Cl)cc1-n1c(C)cc(/C=C(/C#N)c2nc3ccc(C)cc3[nH]2)c1C. The van der Waals surface area contributed by atoms with Gasteiger partial charge in [-0.2, -0.15) is 5.26 Å². The second-order valence-electron chi connectivity index (χ2n) is 7.25. The Morgan fingerprint density at radius 3 is 2.70 bits per heavy atom. The highest BCUT2D eigenvalue weighted by atomic mass is 35.5. The van der Waals surface area contributed by atoms with Crippen LogP contribution >= 0.6 is 11.6 Å². The van der Waals surface area contributed by atoms with Gasteiger partial charge in [0.2, 0.25) is 0 Å². The highest BCUT2D eigenvalue weighted by Crippen LogP contribution is 2.32. The number of nitriles is 1. The van der Waals surface area contributed by atoms with E-state index < -0.39 is 0 Å². The Morgan fingerprint density at radius 2 is 1.97 bits per heavy atom. The zero-order valence-electron chi connectivity index (χ0n) is 17.2. The highest BCUT2D eigenvalue weighted by Gasteiger charge is 2.16. The summed E-state index contributed by atoms with van der Waals surface area (Å²) in [6, 6.07) is 15.8. The summed E-state index contributed by atoms with van der Waals surface area (Å²) in [4.78, 5) is 7.85.